The number of hydrogen-bond donors (Lipinski definition) is 1. The van der Waals surface area contributed by atoms with Crippen LogP contribution >= 0.6 is 0 Å². The average Bonchev–Trinajstić information content (AvgIpc) is 2.38. The Labute approximate surface area is 121 Å². The number of aryl methyl sites for hydroxylation is 1. The molecule has 0 unspecified atom stereocenters. The number of morpholine rings is 1. The van der Waals surface area contributed by atoms with E-state index in [1.807, 2.05) is 26.0 Å². The molecule has 0 aromatic heterocycles. The third kappa shape index (κ3) is 4.32. The summed E-state index contributed by atoms with van der Waals surface area (Å²) < 4.78 is 5.67. The summed E-state index contributed by atoms with van der Waals surface area (Å²) >= 11 is 0. The average molecular weight is 276 g/mol. The predicted molar refractivity (Wildman–Crippen MR) is 80.9 cm³/mol. The smallest absolute Gasteiger partial charge is 0.238 e. The zero-order valence-electron chi connectivity index (χ0n) is 12.6. The molecule has 0 saturated carbocycles. The Balaban J connectivity index is 1.85. The van der Waals surface area contributed by atoms with E-state index < -0.39 is 0 Å². The number of amides is 1. The number of carbonyl (C=O) groups excluding carboxylic acids is 1. The summed E-state index contributed by atoms with van der Waals surface area (Å²) in [6.07, 6.45) is 1.39. The number of carbonyl (C=O) groups is 1. The standard InChI is InChI=1S/C16H24N2O2/c1-4-14-5-7-15(8-6-14)17-16(19)11-18-9-12(2)20-13(3)10-18/h5-8,12-13H,4,9-11H2,1-3H3,(H,17,19)/t12-,13+. The van der Waals surface area contributed by atoms with Gasteiger partial charge in [0.25, 0.3) is 0 Å². The van der Waals surface area contributed by atoms with E-state index in [4.69, 9.17) is 4.74 Å². The Bertz CT molecular complexity index is 434. The molecule has 0 bridgehead atoms. The van der Waals surface area contributed by atoms with Crippen molar-refractivity contribution in [2.75, 3.05) is 25.0 Å². The Morgan fingerprint density at radius 1 is 1.25 bits per heavy atom. The molecule has 1 aliphatic rings. The van der Waals surface area contributed by atoms with Crippen LogP contribution in [0.5, 0.6) is 0 Å². The summed E-state index contributed by atoms with van der Waals surface area (Å²) in [5, 5.41) is 2.95. The number of rotatable bonds is 4. The Morgan fingerprint density at radius 2 is 1.85 bits per heavy atom. The summed E-state index contributed by atoms with van der Waals surface area (Å²) in [5.74, 6) is 0.0375. The van der Waals surface area contributed by atoms with Crippen molar-refractivity contribution >= 4 is 11.6 Å². The van der Waals surface area contributed by atoms with Gasteiger partial charge in [-0.05, 0) is 38.0 Å². The van der Waals surface area contributed by atoms with E-state index in [2.05, 4.69) is 29.3 Å². The fourth-order valence-corrected chi connectivity index (χ4v) is 2.64. The maximum Gasteiger partial charge on any atom is 0.238 e. The molecule has 4 heteroatoms. The van der Waals surface area contributed by atoms with Crippen molar-refractivity contribution in [1.29, 1.82) is 0 Å². The Hall–Kier alpha value is -1.39. The van der Waals surface area contributed by atoms with Crippen molar-refractivity contribution in [3.8, 4) is 0 Å². The first-order chi connectivity index (χ1) is 9.56. The maximum atomic E-state index is 12.1. The van der Waals surface area contributed by atoms with Gasteiger partial charge >= 0.3 is 0 Å². The van der Waals surface area contributed by atoms with Gasteiger partial charge in [-0.25, -0.2) is 0 Å². The number of hydrogen-bond acceptors (Lipinski definition) is 3. The fourth-order valence-electron chi connectivity index (χ4n) is 2.64. The molecule has 4 nitrogen and oxygen atoms in total. The van der Waals surface area contributed by atoms with Crippen LogP contribution in [0.3, 0.4) is 0 Å². The molecular weight excluding hydrogens is 252 g/mol. The molecule has 1 aromatic rings. The van der Waals surface area contributed by atoms with E-state index in [-0.39, 0.29) is 18.1 Å². The van der Waals surface area contributed by atoms with Crippen LogP contribution in [0.1, 0.15) is 26.3 Å². The zero-order valence-corrected chi connectivity index (χ0v) is 12.6. The van der Waals surface area contributed by atoms with Crippen molar-refractivity contribution in [1.82, 2.24) is 4.90 Å². The van der Waals surface area contributed by atoms with E-state index in [1.54, 1.807) is 0 Å². The maximum absolute atomic E-state index is 12.1. The van der Waals surface area contributed by atoms with Gasteiger partial charge in [-0.2, -0.15) is 0 Å². The lowest BCUT2D eigenvalue weighted by Crippen LogP contribution is -2.48. The van der Waals surface area contributed by atoms with Gasteiger partial charge in [0.15, 0.2) is 0 Å². The van der Waals surface area contributed by atoms with Gasteiger partial charge in [0.1, 0.15) is 0 Å². The molecular formula is C16H24N2O2. The van der Waals surface area contributed by atoms with Crippen LogP contribution < -0.4 is 5.32 Å². The van der Waals surface area contributed by atoms with Crippen LogP contribution in [-0.4, -0.2) is 42.6 Å². The van der Waals surface area contributed by atoms with Crippen molar-refractivity contribution in [2.24, 2.45) is 0 Å². The SMILES string of the molecule is CCc1ccc(NC(=O)CN2C[C@@H](C)O[C@@H](C)C2)cc1. The second-order valence-electron chi connectivity index (χ2n) is 5.55. The first-order valence-electron chi connectivity index (χ1n) is 7.33. The molecule has 1 aliphatic heterocycles. The summed E-state index contributed by atoms with van der Waals surface area (Å²) in [6.45, 7) is 8.26. The molecule has 0 aliphatic carbocycles. The van der Waals surface area contributed by atoms with Crippen molar-refractivity contribution in [3.63, 3.8) is 0 Å². The van der Waals surface area contributed by atoms with Gasteiger partial charge in [0.2, 0.25) is 5.91 Å². The first kappa shape index (κ1) is 15.0. The molecule has 1 heterocycles. The molecule has 20 heavy (non-hydrogen) atoms. The monoisotopic (exact) mass is 276 g/mol. The van der Waals surface area contributed by atoms with Crippen molar-refractivity contribution in [2.45, 2.75) is 39.4 Å². The number of nitrogens with one attached hydrogen (secondary N) is 1. The topological polar surface area (TPSA) is 41.6 Å². The highest BCUT2D eigenvalue weighted by atomic mass is 16.5. The fraction of sp³-hybridized carbons (Fsp3) is 0.562. The normalized spacial score (nSPS) is 23.6. The van der Waals surface area contributed by atoms with Gasteiger partial charge in [-0.1, -0.05) is 19.1 Å². The van der Waals surface area contributed by atoms with Crippen LogP contribution in [0.15, 0.2) is 24.3 Å². The van der Waals surface area contributed by atoms with Gasteiger partial charge in [-0.15, -0.1) is 0 Å². The number of benzene rings is 1. The lowest BCUT2D eigenvalue weighted by molar-refractivity contribution is -0.121. The number of nitrogens with zero attached hydrogens (tertiary/aromatic N) is 1. The largest absolute Gasteiger partial charge is 0.373 e. The van der Waals surface area contributed by atoms with E-state index in [9.17, 15) is 4.79 Å². The molecule has 1 saturated heterocycles. The second kappa shape index (κ2) is 6.86. The summed E-state index contributed by atoms with van der Waals surface area (Å²) in [4.78, 5) is 14.2. The highest BCUT2D eigenvalue weighted by molar-refractivity contribution is 5.92. The summed E-state index contributed by atoms with van der Waals surface area (Å²) in [7, 11) is 0. The second-order valence-corrected chi connectivity index (χ2v) is 5.55. The van der Waals surface area contributed by atoms with Crippen LogP contribution in [0.4, 0.5) is 5.69 Å². The molecule has 2 rings (SSSR count). The highest BCUT2D eigenvalue weighted by Gasteiger charge is 2.23. The molecule has 0 spiro atoms. The van der Waals surface area contributed by atoms with Crippen LogP contribution in [0.25, 0.3) is 0 Å². The van der Waals surface area contributed by atoms with Crippen molar-refractivity contribution in [3.05, 3.63) is 29.8 Å². The van der Waals surface area contributed by atoms with Gasteiger partial charge in [-0.3, -0.25) is 9.69 Å². The molecule has 110 valence electrons. The summed E-state index contributed by atoms with van der Waals surface area (Å²) in [6, 6.07) is 8.02. The Kier molecular flexibility index (Phi) is 5.15. The van der Waals surface area contributed by atoms with Gasteiger partial charge in [0, 0.05) is 18.8 Å². The van der Waals surface area contributed by atoms with Crippen LogP contribution in [-0.2, 0) is 16.0 Å². The lowest BCUT2D eigenvalue weighted by Gasteiger charge is -2.34. The van der Waals surface area contributed by atoms with Gasteiger partial charge in [0.05, 0.1) is 18.8 Å². The van der Waals surface area contributed by atoms with Gasteiger partial charge < -0.3 is 10.1 Å². The first-order valence-corrected chi connectivity index (χ1v) is 7.33. The lowest BCUT2D eigenvalue weighted by atomic mass is 10.1. The number of anilines is 1. The van der Waals surface area contributed by atoms with E-state index in [0.717, 1.165) is 25.2 Å². The van der Waals surface area contributed by atoms with E-state index >= 15 is 0 Å². The Morgan fingerprint density at radius 3 is 2.40 bits per heavy atom. The van der Waals surface area contributed by atoms with E-state index in [0.29, 0.717) is 6.54 Å². The van der Waals surface area contributed by atoms with Crippen LogP contribution in [0.2, 0.25) is 0 Å². The van der Waals surface area contributed by atoms with Crippen LogP contribution in [0, 0.1) is 0 Å². The predicted octanol–water partition coefficient (Wildman–Crippen LogP) is 2.30. The minimum Gasteiger partial charge on any atom is -0.373 e. The third-order valence-corrected chi connectivity index (χ3v) is 3.51. The highest BCUT2D eigenvalue weighted by Crippen LogP contribution is 2.12. The minimum absolute atomic E-state index is 0.0375. The molecule has 1 N–H and O–H groups in total. The molecule has 1 amide bonds. The summed E-state index contributed by atoms with van der Waals surface area (Å²) in [5.41, 5.74) is 2.14. The quantitative estimate of drug-likeness (QED) is 0.917. The third-order valence-electron chi connectivity index (χ3n) is 3.51. The van der Waals surface area contributed by atoms with Crippen molar-refractivity contribution < 1.29 is 9.53 Å². The van der Waals surface area contributed by atoms with E-state index in [1.165, 1.54) is 5.56 Å². The molecule has 1 aromatic carbocycles. The molecule has 1 fully saturated rings. The minimum atomic E-state index is 0.0375. The zero-order chi connectivity index (χ0) is 14.5. The molecule has 2 atom stereocenters. The molecule has 0 radical (unpaired) electrons. The number of ether oxygens (including phenoxy) is 1.